The summed E-state index contributed by atoms with van der Waals surface area (Å²) in [5.41, 5.74) is 5.84. The summed E-state index contributed by atoms with van der Waals surface area (Å²) < 4.78 is 6.86. The Morgan fingerprint density at radius 1 is 0.935 bits per heavy atom. The second-order valence-corrected chi connectivity index (χ2v) is 13.3. The minimum absolute atomic E-state index is 0.00442. The Morgan fingerprint density at radius 2 is 1.68 bits per heavy atom. The molecule has 0 aromatic rings. The van der Waals surface area contributed by atoms with Crippen LogP contribution in [0.4, 0.5) is 0 Å². The van der Waals surface area contributed by atoms with E-state index in [4.69, 9.17) is 4.74 Å². The number of hydrogen-bond donors (Lipinski definition) is 1. The van der Waals surface area contributed by atoms with Crippen LogP contribution < -0.4 is 0 Å². The molecule has 31 heavy (non-hydrogen) atoms. The molecule has 0 bridgehead atoms. The predicted molar refractivity (Wildman–Crippen MR) is 128 cm³/mol. The van der Waals surface area contributed by atoms with Gasteiger partial charge in [-0.3, -0.25) is 0 Å². The van der Waals surface area contributed by atoms with E-state index in [-0.39, 0.29) is 33.6 Å². The van der Waals surface area contributed by atoms with Crippen LogP contribution in [0.5, 0.6) is 0 Å². The van der Waals surface area contributed by atoms with Crippen LogP contribution in [0.25, 0.3) is 0 Å². The van der Waals surface area contributed by atoms with Crippen molar-refractivity contribution in [2.75, 3.05) is 0 Å². The van der Waals surface area contributed by atoms with Crippen molar-refractivity contribution in [2.24, 2.45) is 28.1 Å². The molecule has 7 unspecified atom stereocenters. The molecule has 0 aromatic heterocycles. The average Bonchev–Trinajstić information content (AvgIpc) is 3.23. The Labute approximate surface area is 190 Å². The molecule has 1 N–H and O–H groups in total. The fourth-order valence-corrected chi connectivity index (χ4v) is 9.17. The quantitative estimate of drug-likeness (QED) is 0.467. The van der Waals surface area contributed by atoms with E-state index in [1.54, 1.807) is 16.7 Å². The van der Waals surface area contributed by atoms with Crippen molar-refractivity contribution >= 4 is 0 Å². The molecule has 1 heterocycles. The second-order valence-electron chi connectivity index (χ2n) is 13.3. The predicted octanol–water partition coefficient (Wildman–Crippen LogP) is 7.36. The van der Waals surface area contributed by atoms with E-state index in [1.165, 1.54) is 38.5 Å². The van der Waals surface area contributed by atoms with Gasteiger partial charge in [0.05, 0.1) is 17.3 Å². The third kappa shape index (κ3) is 2.89. The Hall–Kier alpha value is -0.600. The zero-order chi connectivity index (χ0) is 22.4. The van der Waals surface area contributed by atoms with Crippen LogP contribution in [0, 0.1) is 28.1 Å². The van der Waals surface area contributed by atoms with Crippen molar-refractivity contribution < 1.29 is 9.84 Å². The van der Waals surface area contributed by atoms with E-state index in [1.807, 2.05) is 0 Å². The van der Waals surface area contributed by atoms with E-state index in [0.29, 0.717) is 11.8 Å². The van der Waals surface area contributed by atoms with Crippen molar-refractivity contribution in [3.63, 3.8) is 0 Å². The number of aliphatic hydroxyl groups is 1. The highest BCUT2D eigenvalue weighted by molar-refractivity contribution is 5.47. The molecule has 5 aliphatic rings. The zero-order valence-electron chi connectivity index (χ0n) is 21.2. The average molecular weight is 427 g/mol. The Bertz CT molecular complexity index is 836. The van der Waals surface area contributed by atoms with Gasteiger partial charge in [0.2, 0.25) is 0 Å². The summed E-state index contributed by atoms with van der Waals surface area (Å²) in [6.45, 7) is 16.8. The molecule has 4 aliphatic carbocycles. The number of allylic oxidation sites excluding steroid dienone is 3. The van der Waals surface area contributed by atoms with Gasteiger partial charge in [0.25, 0.3) is 0 Å². The van der Waals surface area contributed by atoms with Crippen molar-refractivity contribution in [2.45, 2.75) is 130 Å². The SMILES string of the molecule is CCC1(C)CCC(C)(C2CCC3(C)C2=CCC2=C3CCC3C2(C)CCC(O)C3(C)C)O1. The standard InChI is InChI=1S/C29H46O2/c1-8-26(4)17-18-29(7,31-26)22-13-15-27(5)19-11-12-23-25(2,3)24(30)14-16-28(23,6)20(19)9-10-21(22)27/h10,22-24,30H,8-9,11-18H2,1-7H3. The summed E-state index contributed by atoms with van der Waals surface area (Å²) in [7, 11) is 0. The minimum Gasteiger partial charge on any atom is -0.393 e. The summed E-state index contributed by atoms with van der Waals surface area (Å²) in [5.74, 6) is 1.18. The minimum atomic E-state index is -0.152. The van der Waals surface area contributed by atoms with E-state index in [9.17, 15) is 5.11 Å². The van der Waals surface area contributed by atoms with Gasteiger partial charge in [-0.2, -0.15) is 0 Å². The Balaban J connectivity index is 1.49. The zero-order valence-corrected chi connectivity index (χ0v) is 21.2. The molecule has 1 saturated heterocycles. The lowest BCUT2D eigenvalue weighted by atomic mass is 9.46. The maximum absolute atomic E-state index is 10.8. The monoisotopic (exact) mass is 426 g/mol. The van der Waals surface area contributed by atoms with Gasteiger partial charge in [-0.05, 0) is 94.8 Å². The Kier molecular flexibility index (Phi) is 4.81. The van der Waals surface area contributed by atoms with Gasteiger partial charge in [0.1, 0.15) is 0 Å². The Morgan fingerprint density at radius 3 is 2.35 bits per heavy atom. The highest BCUT2D eigenvalue weighted by atomic mass is 16.5. The summed E-state index contributed by atoms with van der Waals surface area (Å²) in [6, 6.07) is 0. The highest BCUT2D eigenvalue weighted by Gasteiger charge is 2.60. The molecule has 2 saturated carbocycles. The van der Waals surface area contributed by atoms with Gasteiger partial charge >= 0.3 is 0 Å². The van der Waals surface area contributed by atoms with Crippen molar-refractivity contribution in [3.05, 3.63) is 22.8 Å². The van der Waals surface area contributed by atoms with Crippen molar-refractivity contribution in [1.29, 1.82) is 0 Å². The lowest BCUT2D eigenvalue weighted by Gasteiger charge is -2.59. The van der Waals surface area contributed by atoms with E-state index >= 15 is 0 Å². The van der Waals surface area contributed by atoms with Crippen LogP contribution in [0.2, 0.25) is 0 Å². The lowest BCUT2D eigenvalue weighted by molar-refractivity contribution is -0.108. The number of rotatable bonds is 2. The van der Waals surface area contributed by atoms with Gasteiger partial charge in [-0.15, -0.1) is 0 Å². The third-order valence-electron chi connectivity index (χ3n) is 11.5. The van der Waals surface area contributed by atoms with Gasteiger partial charge in [-0.1, -0.05) is 57.4 Å². The number of aliphatic hydroxyl groups excluding tert-OH is 1. The lowest BCUT2D eigenvalue weighted by Crippen LogP contribution is -2.53. The molecule has 5 rings (SSSR count). The number of hydrogen-bond acceptors (Lipinski definition) is 2. The van der Waals surface area contributed by atoms with Gasteiger partial charge in [0.15, 0.2) is 0 Å². The van der Waals surface area contributed by atoms with Gasteiger partial charge < -0.3 is 9.84 Å². The molecule has 0 aromatic carbocycles. The first kappa shape index (κ1) is 22.2. The topological polar surface area (TPSA) is 29.5 Å². The van der Waals surface area contributed by atoms with E-state index < -0.39 is 0 Å². The maximum atomic E-state index is 10.8. The molecule has 2 heteroatoms. The van der Waals surface area contributed by atoms with Gasteiger partial charge in [0, 0.05) is 11.3 Å². The van der Waals surface area contributed by atoms with Gasteiger partial charge in [-0.25, -0.2) is 0 Å². The van der Waals surface area contributed by atoms with Crippen molar-refractivity contribution in [1.82, 2.24) is 0 Å². The highest BCUT2D eigenvalue weighted by Crippen LogP contribution is 2.68. The fourth-order valence-electron chi connectivity index (χ4n) is 9.17. The fraction of sp³-hybridized carbons (Fsp3) is 0.862. The molecule has 7 atom stereocenters. The largest absolute Gasteiger partial charge is 0.393 e. The maximum Gasteiger partial charge on any atom is 0.0728 e. The molecule has 0 radical (unpaired) electrons. The van der Waals surface area contributed by atoms with Crippen LogP contribution in [0.3, 0.4) is 0 Å². The van der Waals surface area contributed by atoms with E-state index in [0.717, 1.165) is 25.7 Å². The summed E-state index contributed by atoms with van der Waals surface area (Å²) in [6.07, 6.45) is 14.3. The first-order valence-corrected chi connectivity index (χ1v) is 13.2. The molecule has 3 fully saturated rings. The molecule has 0 amide bonds. The van der Waals surface area contributed by atoms with Crippen LogP contribution in [0.15, 0.2) is 22.8 Å². The molecule has 174 valence electrons. The van der Waals surface area contributed by atoms with Crippen LogP contribution in [-0.4, -0.2) is 22.4 Å². The van der Waals surface area contributed by atoms with Crippen LogP contribution >= 0.6 is 0 Å². The first-order valence-electron chi connectivity index (χ1n) is 13.2. The van der Waals surface area contributed by atoms with Crippen LogP contribution in [0.1, 0.15) is 113 Å². The van der Waals surface area contributed by atoms with Crippen molar-refractivity contribution in [3.8, 4) is 0 Å². The molecular weight excluding hydrogens is 380 g/mol. The third-order valence-corrected chi connectivity index (χ3v) is 11.5. The normalized spacial score (nSPS) is 51.2. The van der Waals surface area contributed by atoms with E-state index in [2.05, 4.69) is 54.5 Å². The number of ether oxygens (including phenoxy) is 1. The number of fused-ring (bicyclic) bond motifs is 4. The summed E-state index contributed by atoms with van der Waals surface area (Å²) in [4.78, 5) is 0. The summed E-state index contributed by atoms with van der Waals surface area (Å²) >= 11 is 0. The molecular formula is C29H46O2. The molecule has 0 spiro atoms. The molecule has 1 aliphatic heterocycles. The second kappa shape index (κ2) is 6.72. The smallest absolute Gasteiger partial charge is 0.0728 e. The molecule has 2 nitrogen and oxygen atoms in total. The summed E-state index contributed by atoms with van der Waals surface area (Å²) in [5, 5.41) is 10.8. The first-order chi connectivity index (χ1) is 14.4. The van der Waals surface area contributed by atoms with Crippen LogP contribution in [-0.2, 0) is 4.74 Å².